The van der Waals surface area contributed by atoms with Gasteiger partial charge in [-0.2, -0.15) is 0 Å². The Bertz CT molecular complexity index is 219. The van der Waals surface area contributed by atoms with Gasteiger partial charge in [0, 0.05) is 0 Å². The molecular weight excluding hydrogens is 186 g/mol. The van der Waals surface area contributed by atoms with E-state index in [1.54, 1.807) is 20.8 Å². The number of hydrogen-bond donors (Lipinski definition) is 3. The highest BCUT2D eigenvalue weighted by Gasteiger charge is 2.39. The zero-order valence-corrected chi connectivity index (χ0v) is 7.94. The van der Waals surface area contributed by atoms with Gasteiger partial charge in [0.25, 0.3) is 0 Å². The van der Waals surface area contributed by atoms with Gasteiger partial charge in [0.1, 0.15) is 6.04 Å². The second kappa shape index (κ2) is 4.95. The van der Waals surface area contributed by atoms with Gasteiger partial charge in [-0.15, -0.1) is 0 Å². The van der Waals surface area contributed by atoms with Gasteiger partial charge in [-0.25, -0.2) is 0 Å². The van der Waals surface area contributed by atoms with E-state index in [1.807, 2.05) is 0 Å². The third-order valence-corrected chi connectivity index (χ3v) is 1.84. The van der Waals surface area contributed by atoms with Crippen LogP contribution in [0.1, 0.15) is 28.2 Å². The predicted octanol–water partition coefficient (Wildman–Crippen LogP) is 0.781. The summed E-state index contributed by atoms with van der Waals surface area (Å²) >= 11 is 0. The van der Waals surface area contributed by atoms with Gasteiger partial charge >= 0.3 is 11.9 Å². The second-order valence-corrected chi connectivity index (χ2v) is 4.05. The lowest BCUT2D eigenvalue weighted by molar-refractivity contribution is -0.154. The molecule has 84 valence electrons. The summed E-state index contributed by atoms with van der Waals surface area (Å²) in [5.41, 5.74) is 4.60. The molecular formula is C9H19NO4. The van der Waals surface area contributed by atoms with Gasteiger partial charge in [-0.3, -0.25) is 9.59 Å². The number of carboxylic acid groups (broad SMARTS) is 2. The van der Waals surface area contributed by atoms with E-state index in [1.165, 1.54) is 0 Å². The second-order valence-electron chi connectivity index (χ2n) is 4.05. The number of hydrogen-bond acceptors (Lipinski definition) is 3. The molecule has 0 aromatic carbocycles. The van der Waals surface area contributed by atoms with Crippen molar-refractivity contribution in [1.29, 1.82) is 0 Å². The molecule has 5 heteroatoms. The fourth-order valence-corrected chi connectivity index (χ4v) is 1.21. The van der Waals surface area contributed by atoms with E-state index in [9.17, 15) is 9.59 Å². The van der Waals surface area contributed by atoms with Crippen LogP contribution >= 0.6 is 0 Å². The van der Waals surface area contributed by atoms with Crippen LogP contribution in [0.25, 0.3) is 0 Å². The van der Waals surface area contributed by atoms with Crippen molar-refractivity contribution in [2.45, 2.75) is 34.2 Å². The lowest BCUT2D eigenvalue weighted by Crippen LogP contribution is -2.48. The summed E-state index contributed by atoms with van der Waals surface area (Å²) in [5.74, 6) is -3.55. The third-order valence-electron chi connectivity index (χ3n) is 1.84. The topological polar surface area (TPSA) is 101 Å². The molecule has 14 heavy (non-hydrogen) atoms. The molecule has 0 saturated carbocycles. The summed E-state index contributed by atoms with van der Waals surface area (Å²) in [6.45, 7) is 4.94. The Kier molecular flexibility index (Phi) is 5.44. The van der Waals surface area contributed by atoms with E-state index in [4.69, 9.17) is 15.9 Å². The van der Waals surface area contributed by atoms with Gasteiger partial charge in [0.05, 0.1) is 5.92 Å². The van der Waals surface area contributed by atoms with Gasteiger partial charge in [0.2, 0.25) is 0 Å². The van der Waals surface area contributed by atoms with E-state index in [0.717, 1.165) is 0 Å². The van der Waals surface area contributed by atoms with Crippen LogP contribution in [0.4, 0.5) is 0 Å². The van der Waals surface area contributed by atoms with Crippen molar-refractivity contribution in [3.05, 3.63) is 0 Å². The molecule has 2 atom stereocenters. The number of carboxylic acids is 2. The maximum absolute atomic E-state index is 10.7. The van der Waals surface area contributed by atoms with Crippen LogP contribution in [0.3, 0.4) is 0 Å². The smallest absolute Gasteiger partial charge is 0.321 e. The Hall–Kier alpha value is -1.10. The van der Waals surface area contributed by atoms with Crippen LogP contribution in [0.2, 0.25) is 0 Å². The lowest BCUT2D eigenvalue weighted by atomic mass is 9.76. The molecule has 0 heterocycles. The average molecular weight is 205 g/mol. The van der Waals surface area contributed by atoms with Crippen LogP contribution in [-0.4, -0.2) is 28.2 Å². The summed E-state index contributed by atoms with van der Waals surface area (Å²) < 4.78 is 0. The molecule has 0 fully saturated rings. The first kappa shape index (κ1) is 15.4. The summed E-state index contributed by atoms with van der Waals surface area (Å²) in [5, 5.41) is 17.4. The van der Waals surface area contributed by atoms with Crippen molar-refractivity contribution in [3.8, 4) is 0 Å². The molecule has 0 aromatic heterocycles. The lowest BCUT2D eigenvalue weighted by Gasteiger charge is -2.29. The molecule has 0 radical (unpaired) electrons. The number of nitrogens with two attached hydrogens (primary N) is 1. The van der Waals surface area contributed by atoms with Crippen molar-refractivity contribution in [2.75, 3.05) is 0 Å². The van der Waals surface area contributed by atoms with Gasteiger partial charge in [0.15, 0.2) is 0 Å². The maximum atomic E-state index is 10.7. The predicted molar refractivity (Wildman–Crippen MR) is 52.9 cm³/mol. The zero-order chi connectivity index (χ0) is 10.8. The van der Waals surface area contributed by atoms with Crippen molar-refractivity contribution in [3.63, 3.8) is 0 Å². The van der Waals surface area contributed by atoms with Crippen LogP contribution in [0.5, 0.6) is 0 Å². The molecule has 0 rings (SSSR count). The number of rotatable bonds is 3. The quantitative estimate of drug-likeness (QED) is 0.632. The summed E-state index contributed by atoms with van der Waals surface area (Å²) in [6.07, 6.45) is 0. The Morgan fingerprint density at radius 3 is 1.57 bits per heavy atom. The Morgan fingerprint density at radius 2 is 1.50 bits per heavy atom. The van der Waals surface area contributed by atoms with E-state index in [0.29, 0.717) is 0 Å². The largest absolute Gasteiger partial charge is 0.481 e. The molecule has 0 spiro atoms. The number of carbonyl (C=O) groups is 2. The van der Waals surface area contributed by atoms with Crippen LogP contribution in [0, 0.1) is 11.3 Å². The van der Waals surface area contributed by atoms with E-state index < -0.39 is 29.3 Å². The van der Waals surface area contributed by atoms with Crippen LogP contribution in [-0.2, 0) is 9.59 Å². The van der Waals surface area contributed by atoms with E-state index in [2.05, 4.69) is 0 Å². The minimum atomic E-state index is -1.36. The molecule has 5 nitrogen and oxygen atoms in total. The van der Waals surface area contributed by atoms with Crippen LogP contribution in [0.15, 0.2) is 0 Å². The highest BCUT2D eigenvalue weighted by atomic mass is 16.4. The van der Waals surface area contributed by atoms with Gasteiger partial charge in [-0.1, -0.05) is 28.2 Å². The molecule has 0 aliphatic rings. The molecule has 1 unspecified atom stereocenters. The Morgan fingerprint density at radius 1 is 1.14 bits per heavy atom. The standard InChI is InChI=1S/C8H15NO4.CH4/c1-8(2,3)4(6(10)11)5(9)7(12)13;/h4-5H,9H2,1-3H3,(H,10,11)(H,12,13);1H4/t4?,5-;/m1./s1. The summed E-state index contributed by atoms with van der Waals surface area (Å²) in [6, 6.07) is -1.36. The molecule has 0 aliphatic carbocycles. The van der Waals surface area contributed by atoms with Crippen molar-refractivity contribution in [2.24, 2.45) is 17.1 Å². The van der Waals surface area contributed by atoms with Gasteiger partial charge in [-0.05, 0) is 5.41 Å². The number of aliphatic carboxylic acids is 2. The summed E-state index contributed by atoms with van der Waals surface area (Å²) in [7, 11) is 0. The van der Waals surface area contributed by atoms with E-state index >= 15 is 0 Å². The maximum Gasteiger partial charge on any atom is 0.321 e. The highest BCUT2D eigenvalue weighted by molar-refractivity contribution is 5.83. The zero-order valence-electron chi connectivity index (χ0n) is 7.94. The van der Waals surface area contributed by atoms with E-state index in [-0.39, 0.29) is 7.43 Å². The van der Waals surface area contributed by atoms with Crippen LogP contribution < -0.4 is 5.73 Å². The molecule has 0 aromatic rings. The fourth-order valence-electron chi connectivity index (χ4n) is 1.21. The first-order chi connectivity index (χ1) is 5.68. The molecule has 0 bridgehead atoms. The normalized spacial score (nSPS) is 15.1. The Labute approximate surface area is 83.9 Å². The van der Waals surface area contributed by atoms with Crippen molar-refractivity contribution in [1.82, 2.24) is 0 Å². The molecule has 0 saturated heterocycles. The average Bonchev–Trinajstić information content (AvgIpc) is 1.82. The highest BCUT2D eigenvalue weighted by Crippen LogP contribution is 2.28. The monoisotopic (exact) mass is 205 g/mol. The Balaban J connectivity index is 0. The first-order valence-electron chi connectivity index (χ1n) is 3.89. The third kappa shape index (κ3) is 3.74. The minimum absolute atomic E-state index is 0. The first-order valence-corrected chi connectivity index (χ1v) is 3.89. The SMILES string of the molecule is C.CC(C)(C)C(C(=O)O)[C@@H](N)C(=O)O. The molecule has 0 amide bonds. The summed E-state index contributed by atoms with van der Waals surface area (Å²) in [4.78, 5) is 21.3. The molecule has 0 aliphatic heterocycles. The van der Waals surface area contributed by atoms with Gasteiger partial charge < -0.3 is 15.9 Å². The molecule has 4 N–H and O–H groups in total. The van der Waals surface area contributed by atoms with Crippen molar-refractivity contribution < 1.29 is 19.8 Å². The minimum Gasteiger partial charge on any atom is -0.481 e. The fraction of sp³-hybridized carbons (Fsp3) is 0.778. The van der Waals surface area contributed by atoms with Crippen molar-refractivity contribution >= 4 is 11.9 Å².